The number of aromatic nitrogens is 2. The molecular formula is C16H22N4. The van der Waals surface area contributed by atoms with E-state index in [0.717, 1.165) is 29.6 Å². The second-order valence-corrected chi connectivity index (χ2v) is 7.19. The van der Waals surface area contributed by atoms with Crippen molar-refractivity contribution in [1.82, 2.24) is 9.78 Å². The number of nitrogens with zero attached hydrogens (tertiary/aromatic N) is 3. The Bertz CT molecular complexity index is 513. The van der Waals surface area contributed by atoms with Gasteiger partial charge in [0.05, 0.1) is 18.8 Å². The van der Waals surface area contributed by atoms with E-state index in [4.69, 9.17) is 11.0 Å². The van der Waals surface area contributed by atoms with Crippen LogP contribution in [0.4, 0.5) is 0 Å². The van der Waals surface area contributed by atoms with E-state index in [1.165, 1.54) is 37.7 Å². The molecular weight excluding hydrogens is 248 g/mol. The molecule has 0 aromatic carbocycles. The first-order chi connectivity index (χ1) is 9.72. The van der Waals surface area contributed by atoms with Gasteiger partial charge in [0.25, 0.3) is 0 Å². The Labute approximate surface area is 119 Å². The van der Waals surface area contributed by atoms with Gasteiger partial charge in [-0.1, -0.05) is 0 Å². The Hall–Kier alpha value is -1.34. The fraction of sp³-hybridized carbons (Fsp3) is 0.750. The lowest BCUT2D eigenvalue weighted by Gasteiger charge is -2.54. The minimum Gasteiger partial charge on any atom is -0.314 e. The zero-order valence-corrected chi connectivity index (χ0v) is 11.8. The molecule has 4 heteroatoms. The predicted octanol–water partition coefficient (Wildman–Crippen LogP) is 2.27. The standard InChI is InChI=1S/C16H22N4/c17-6-15(18)9-20-8-14(7-19-20)16-12-2-10-1-11(4-12)5-13(16)3-10/h7-8,10-13,15-16H,1-5,9,18H2. The molecule has 1 aromatic rings. The number of hydrogen-bond donors (Lipinski definition) is 1. The van der Waals surface area contributed by atoms with Crippen LogP contribution in [0.15, 0.2) is 12.4 Å². The van der Waals surface area contributed by atoms with Crippen molar-refractivity contribution in [2.75, 3.05) is 0 Å². The molecule has 1 aromatic heterocycles. The van der Waals surface area contributed by atoms with Gasteiger partial charge in [-0.25, -0.2) is 0 Å². The minimum absolute atomic E-state index is 0.457. The summed E-state index contributed by atoms with van der Waals surface area (Å²) >= 11 is 0. The Morgan fingerprint density at radius 1 is 1.25 bits per heavy atom. The highest BCUT2D eigenvalue weighted by Crippen LogP contribution is 2.59. The zero-order chi connectivity index (χ0) is 13.7. The summed E-state index contributed by atoms with van der Waals surface area (Å²) in [5.74, 6) is 4.50. The molecule has 4 bridgehead atoms. The highest BCUT2D eigenvalue weighted by molar-refractivity contribution is 5.19. The molecule has 4 aliphatic carbocycles. The van der Waals surface area contributed by atoms with E-state index in [0.29, 0.717) is 6.54 Å². The van der Waals surface area contributed by atoms with Crippen molar-refractivity contribution in [2.24, 2.45) is 29.4 Å². The van der Waals surface area contributed by atoms with Gasteiger partial charge in [-0.15, -0.1) is 0 Å². The van der Waals surface area contributed by atoms with Crippen LogP contribution in [0.2, 0.25) is 0 Å². The molecule has 0 spiro atoms. The van der Waals surface area contributed by atoms with Crippen LogP contribution < -0.4 is 5.73 Å². The number of nitriles is 1. The van der Waals surface area contributed by atoms with Crippen molar-refractivity contribution >= 4 is 0 Å². The maximum atomic E-state index is 8.80. The molecule has 4 saturated carbocycles. The number of hydrogen-bond acceptors (Lipinski definition) is 3. The Morgan fingerprint density at radius 2 is 1.90 bits per heavy atom. The van der Waals surface area contributed by atoms with Crippen LogP contribution >= 0.6 is 0 Å². The third-order valence-electron chi connectivity index (χ3n) is 5.81. The summed E-state index contributed by atoms with van der Waals surface area (Å²) in [6.07, 6.45) is 11.4. The number of rotatable bonds is 3. The monoisotopic (exact) mass is 270 g/mol. The average molecular weight is 270 g/mol. The molecule has 5 rings (SSSR count). The smallest absolute Gasteiger partial charge is 0.113 e. The summed E-state index contributed by atoms with van der Waals surface area (Å²) in [6, 6.07) is 1.61. The van der Waals surface area contributed by atoms with Crippen LogP contribution in [0.25, 0.3) is 0 Å². The van der Waals surface area contributed by atoms with Gasteiger partial charge in [0.1, 0.15) is 6.04 Å². The second kappa shape index (κ2) is 4.60. The lowest BCUT2D eigenvalue weighted by Crippen LogP contribution is -2.43. The maximum Gasteiger partial charge on any atom is 0.113 e. The second-order valence-electron chi connectivity index (χ2n) is 7.19. The Balaban J connectivity index is 1.55. The fourth-order valence-corrected chi connectivity index (χ4v) is 5.36. The van der Waals surface area contributed by atoms with Gasteiger partial charge >= 0.3 is 0 Å². The molecule has 2 N–H and O–H groups in total. The normalized spacial score (nSPS) is 39.7. The summed E-state index contributed by atoms with van der Waals surface area (Å²) in [5.41, 5.74) is 7.08. The van der Waals surface area contributed by atoms with Gasteiger partial charge < -0.3 is 5.73 Å². The quantitative estimate of drug-likeness (QED) is 0.916. The van der Waals surface area contributed by atoms with Gasteiger partial charge in [0.2, 0.25) is 0 Å². The molecule has 1 unspecified atom stereocenters. The van der Waals surface area contributed by atoms with Gasteiger partial charge in [0, 0.05) is 6.20 Å². The largest absolute Gasteiger partial charge is 0.314 e. The summed E-state index contributed by atoms with van der Waals surface area (Å²) < 4.78 is 1.86. The zero-order valence-electron chi connectivity index (χ0n) is 11.8. The minimum atomic E-state index is -0.457. The highest BCUT2D eigenvalue weighted by Gasteiger charge is 2.48. The average Bonchev–Trinajstić information content (AvgIpc) is 2.85. The molecule has 0 radical (unpaired) electrons. The molecule has 4 fully saturated rings. The lowest BCUT2D eigenvalue weighted by atomic mass is 9.51. The van der Waals surface area contributed by atoms with Crippen molar-refractivity contribution in [3.63, 3.8) is 0 Å². The van der Waals surface area contributed by atoms with Crippen molar-refractivity contribution in [3.8, 4) is 6.07 Å². The molecule has 106 valence electrons. The molecule has 1 heterocycles. The Morgan fingerprint density at radius 3 is 2.50 bits per heavy atom. The third kappa shape index (κ3) is 1.96. The molecule has 4 nitrogen and oxygen atoms in total. The van der Waals surface area contributed by atoms with E-state index in [-0.39, 0.29) is 0 Å². The Kier molecular flexibility index (Phi) is 2.85. The molecule has 0 saturated heterocycles. The van der Waals surface area contributed by atoms with E-state index in [9.17, 15) is 0 Å². The van der Waals surface area contributed by atoms with Crippen LogP contribution in [0.3, 0.4) is 0 Å². The lowest BCUT2D eigenvalue weighted by molar-refractivity contribution is -0.00280. The number of nitrogens with two attached hydrogens (primary N) is 1. The molecule has 1 atom stereocenters. The molecule has 0 amide bonds. The van der Waals surface area contributed by atoms with Crippen molar-refractivity contribution < 1.29 is 0 Å². The fourth-order valence-electron chi connectivity index (χ4n) is 5.36. The van der Waals surface area contributed by atoms with E-state index in [1.54, 1.807) is 0 Å². The first-order valence-corrected chi connectivity index (χ1v) is 7.90. The van der Waals surface area contributed by atoms with E-state index < -0.39 is 6.04 Å². The van der Waals surface area contributed by atoms with Crippen LogP contribution in [-0.4, -0.2) is 15.8 Å². The SMILES string of the molecule is N#CC(N)Cn1cc(C2C3CC4CC(C3)CC2C4)cn1. The summed E-state index contributed by atoms with van der Waals surface area (Å²) in [7, 11) is 0. The van der Waals surface area contributed by atoms with E-state index >= 15 is 0 Å². The molecule has 4 aliphatic rings. The summed E-state index contributed by atoms with van der Waals surface area (Å²) in [5, 5.41) is 13.2. The van der Waals surface area contributed by atoms with Crippen LogP contribution in [0, 0.1) is 35.0 Å². The van der Waals surface area contributed by atoms with Crippen molar-refractivity contribution in [2.45, 2.75) is 50.6 Å². The molecule has 20 heavy (non-hydrogen) atoms. The van der Waals surface area contributed by atoms with Crippen molar-refractivity contribution in [3.05, 3.63) is 18.0 Å². The van der Waals surface area contributed by atoms with E-state index in [1.807, 2.05) is 10.9 Å². The van der Waals surface area contributed by atoms with Gasteiger partial charge in [-0.2, -0.15) is 10.4 Å². The van der Waals surface area contributed by atoms with Crippen molar-refractivity contribution in [1.29, 1.82) is 5.26 Å². The van der Waals surface area contributed by atoms with Gasteiger partial charge in [-0.05, 0) is 67.3 Å². The van der Waals surface area contributed by atoms with Crippen LogP contribution in [0.5, 0.6) is 0 Å². The topological polar surface area (TPSA) is 67.6 Å². The first kappa shape index (κ1) is 12.4. The predicted molar refractivity (Wildman–Crippen MR) is 75.6 cm³/mol. The van der Waals surface area contributed by atoms with Crippen LogP contribution in [-0.2, 0) is 6.54 Å². The van der Waals surface area contributed by atoms with Crippen LogP contribution in [0.1, 0.15) is 43.6 Å². The third-order valence-corrected chi connectivity index (χ3v) is 5.81. The summed E-state index contributed by atoms with van der Waals surface area (Å²) in [4.78, 5) is 0. The molecule has 0 aliphatic heterocycles. The van der Waals surface area contributed by atoms with E-state index in [2.05, 4.69) is 17.4 Å². The maximum absolute atomic E-state index is 8.80. The first-order valence-electron chi connectivity index (χ1n) is 7.90. The summed E-state index contributed by atoms with van der Waals surface area (Å²) in [6.45, 7) is 0.504. The van der Waals surface area contributed by atoms with Gasteiger partial charge in [-0.3, -0.25) is 4.68 Å². The van der Waals surface area contributed by atoms with Gasteiger partial charge in [0.15, 0.2) is 0 Å². The highest BCUT2D eigenvalue weighted by atomic mass is 15.3.